The molecule has 0 aliphatic rings. The van der Waals surface area contributed by atoms with Crippen molar-refractivity contribution in [1.29, 1.82) is 0 Å². The molecule has 6 heteroatoms. The zero-order valence-electron chi connectivity index (χ0n) is 15.1. The Hall–Kier alpha value is -3.15. The third kappa shape index (κ3) is 3.31. The van der Waals surface area contributed by atoms with Crippen molar-refractivity contribution in [3.63, 3.8) is 0 Å². The second-order valence-electron chi connectivity index (χ2n) is 6.33. The van der Waals surface area contributed by atoms with E-state index >= 15 is 0 Å². The Morgan fingerprint density at radius 3 is 2.58 bits per heavy atom. The molecule has 1 amide bonds. The summed E-state index contributed by atoms with van der Waals surface area (Å²) in [6, 6.07) is 11.6. The predicted molar refractivity (Wildman–Crippen MR) is 103 cm³/mol. The van der Waals surface area contributed by atoms with Crippen molar-refractivity contribution in [3.8, 4) is 17.1 Å². The Kier molecular flexibility index (Phi) is 5.02. The van der Waals surface area contributed by atoms with E-state index in [1.165, 1.54) is 0 Å². The topological polar surface area (TPSA) is 99.8 Å². The number of anilines is 1. The third-order valence-electron chi connectivity index (χ3n) is 4.32. The molecule has 6 nitrogen and oxygen atoms in total. The number of rotatable bonds is 6. The number of benzene rings is 1. The minimum atomic E-state index is -0.528. The first kappa shape index (κ1) is 17.7. The van der Waals surface area contributed by atoms with Crippen LogP contribution in [0.1, 0.15) is 41.4 Å². The van der Waals surface area contributed by atoms with Gasteiger partial charge in [-0.3, -0.25) is 9.78 Å². The Balaban J connectivity index is 2.32. The highest BCUT2D eigenvalue weighted by molar-refractivity contribution is 5.94. The number of nitrogen functional groups attached to an aromatic ring is 1. The van der Waals surface area contributed by atoms with Crippen LogP contribution in [0.3, 0.4) is 0 Å². The molecule has 0 atom stereocenters. The first-order valence-electron chi connectivity index (χ1n) is 8.72. The fourth-order valence-electron chi connectivity index (χ4n) is 3.08. The molecule has 0 aliphatic heterocycles. The van der Waals surface area contributed by atoms with Crippen molar-refractivity contribution in [2.24, 2.45) is 5.73 Å². The lowest BCUT2D eigenvalue weighted by Gasteiger charge is -2.12. The van der Waals surface area contributed by atoms with Crippen molar-refractivity contribution in [1.82, 2.24) is 14.8 Å². The molecule has 1 aromatic carbocycles. The smallest absolute Gasteiger partial charge is 0.269 e. The summed E-state index contributed by atoms with van der Waals surface area (Å²) in [5.74, 6) is -0.528. The van der Waals surface area contributed by atoms with Crippen molar-refractivity contribution in [2.75, 3.05) is 5.73 Å². The van der Waals surface area contributed by atoms with E-state index in [-0.39, 0.29) is 0 Å². The quantitative estimate of drug-likeness (QED) is 0.713. The molecule has 0 radical (unpaired) electrons. The molecule has 0 spiro atoms. The number of hydrogen-bond donors (Lipinski definition) is 2. The molecule has 0 saturated heterocycles. The lowest BCUT2D eigenvalue weighted by Crippen LogP contribution is -2.14. The fourth-order valence-corrected chi connectivity index (χ4v) is 3.08. The van der Waals surface area contributed by atoms with Gasteiger partial charge in [0.1, 0.15) is 0 Å². The van der Waals surface area contributed by atoms with Crippen LogP contribution in [0.25, 0.3) is 17.1 Å². The highest BCUT2D eigenvalue weighted by Gasteiger charge is 2.24. The molecule has 26 heavy (non-hydrogen) atoms. The summed E-state index contributed by atoms with van der Waals surface area (Å²) in [6.45, 7) is 4.06. The maximum atomic E-state index is 12.1. The molecule has 0 aliphatic carbocycles. The van der Waals surface area contributed by atoms with Crippen LogP contribution in [0.15, 0.2) is 42.6 Å². The molecule has 3 rings (SSSR count). The van der Waals surface area contributed by atoms with E-state index in [9.17, 15) is 4.79 Å². The zero-order chi connectivity index (χ0) is 18.7. The molecule has 0 unspecified atom stereocenters. The molecule has 2 heterocycles. The molecule has 134 valence electrons. The van der Waals surface area contributed by atoms with Gasteiger partial charge in [-0.15, -0.1) is 0 Å². The number of primary amides is 1. The molecule has 0 saturated carbocycles. The van der Waals surface area contributed by atoms with E-state index in [2.05, 4.69) is 17.0 Å². The van der Waals surface area contributed by atoms with Gasteiger partial charge >= 0.3 is 0 Å². The molecule has 3 aromatic rings. The van der Waals surface area contributed by atoms with E-state index in [1.807, 2.05) is 43.3 Å². The van der Waals surface area contributed by atoms with Crippen molar-refractivity contribution in [3.05, 3.63) is 59.4 Å². The zero-order valence-corrected chi connectivity index (χ0v) is 15.1. The Bertz CT molecular complexity index is 931. The van der Waals surface area contributed by atoms with Crippen molar-refractivity contribution >= 4 is 11.6 Å². The summed E-state index contributed by atoms with van der Waals surface area (Å²) >= 11 is 0. The summed E-state index contributed by atoms with van der Waals surface area (Å²) in [5.41, 5.74) is 16.6. The summed E-state index contributed by atoms with van der Waals surface area (Å²) in [6.07, 6.45) is 4.27. The summed E-state index contributed by atoms with van der Waals surface area (Å²) in [5, 5.41) is 4.54. The van der Waals surface area contributed by atoms with Crippen LogP contribution in [0.5, 0.6) is 0 Å². The van der Waals surface area contributed by atoms with Gasteiger partial charge in [0.15, 0.2) is 5.69 Å². The average molecular weight is 349 g/mol. The standard InChI is InChI=1S/C20H23N5O/c1-3-4-10-16-18(20(22)26)24-25(15-8-6-5-7-9-15)19(16)17-13(2)11-14(21)12-23-17/h5-9,11-12H,3-4,10,21H2,1-2H3,(H2,22,26). The summed E-state index contributed by atoms with van der Waals surface area (Å²) in [4.78, 5) is 16.6. The maximum absolute atomic E-state index is 12.1. The van der Waals surface area contributed by atoms with Crippen LogP contribution in [-0.2, 0) is 6.42 Å². The largest absolute Gasteiger partial charge is 0.397 e. The lowest BCUT2D eigenvalue weighted by atomic mass is 10.0. The Morgan fingerprint density at radius 2 is 1.96 bits per heavy atom. The van der Waals surface area contributed by atoms with E-state index in [0.717, 1.165) is 41.0 Å². The number of aromatic nitrogens is 3. The number of carbonyl (C=O) groups excluding carboxylic acids is 1. The number of amides is 1. The molecule has 0 bridgehead atoms. The van der Waals surface area contributed by atoms with Gasteiger partial charge in [0.25, 0.3) is 5.91 Å². The normalized spacial score (nSPS) is 10.8. The van der Waals surface area contributed by atoms with Crippen molar-refractivity contribution < 1.29 is 4.79 Å². The van der Waals surface area contributed by atoms with Gasteiger partial charge in [0.2, 0.25) is 0 Å². The van der Waals surface area contributed by atoms with Gasteiger partial charge in [-0.1, -0.05) is 31.5 Å². The number of hydrogen-bond acceptors (Lipinski definition) is 4. The van der Waals surface area contributed by atoms with Crippen LogP contribution in [0.2, 0.25) is 0 Å². The van der Waals surface area contributed by atoms with Crippen LogP contribution < -0.4 is 11.5 Å². The van der Waals surface area contributed by atoms with E-state index in [1.54, 1.807) is 10.9 Å². The first-order chi connectivity index (χ1) is 12.5. The van der Waals surface area contributed by atoms with Crippen LogP contribution in [0, 0.1) is 6.92 Å². The minimum absolute atomic E-state index is 0.301. The predicted octanol–water partition coefficient (Wildman–Crippen LogP) is 3.27. The second-order valence-corrected chi connectivity index (χ2v) is 6.33. The Morgan fingerprint density at radius 1 is 1.23 bits per heavy atom. The summed E-state index contributed by atoms with van der Waals surface area (Å²) in [7, 11) is 0. The number of aryl methyl sites for hydroxylation is 1. The van der Waals surface area contributed by atoms with Crippen LogP contribution in [-0.4, -0.2) is 20.7 Å². The number of pyridine rings is 1. The van der Waals surface area contributed by atoms with Crippen LogP contribution in [0.4, 0.5) is 5.69 Å². The first-order valence-corrected chi connectivity index (χ1v) is 8.72. The van der Waals surface area contributed by atoms with E-state index < -0.39 is 5.91 Å². The van der Waals surface area contributed by atoms with Crippen LogP contribution >= 0.6 is 0 Å². The molecule has 2 aromatic heterocycles. The average Bonchev–Trinajstić information content (AvgIpc) is 3.00. The second kappa shape index (κ2) is 7.39. The summed E-state index contributed by atoms with van der Waals surface area (Å²) < 4.78 is 1.76. The lowest BCUT2D eigenvalue weighted by molar-refractivity contribution is 0.0994. The van der Waals surface area contributed by atoms with Gasteiger partial charge < -0.3 is 11.5 Å². The number of para-hydroxylation sites is 1. The van der Waals surface area contributed by atoms with Gasteiger partial charge in [0, 0.05) is 5.56 Å². The highest BCUT2D eigenvalue weighted by Crippen LogP contribution is 2.31. The van der Waals surface area contributed by atoms with Gasteiger partial charge in [-0.2, -0.15) is 5.10 Å². The Labute approximate surface area is 152 Å². The number of unbranched alkanes of at least 4 members (excludes halogenated alkanes) is 1. The third-order valence-corrected chi connectivity index (χ3v) is 4.32. The SMILES string of the molecule is CCCCc1c(C(N)=O)nn(-c2ccccc2)c1-c1ncc(N)cc1C. The van der Waals surface area contributed by atoms with E-state index in [4.69, 9.17) is 11.5 Å². The molecular formula is C20H23N5O. The molecular weight excluding hydrogens is 326 g/mol. The van der Waals surface area contributed by atoms with E-state index in [0.29, 0.717) is 17.8 Å². The number of nitrogens with zero attached hydrogens (tertiary/aromatic N) is 3. The fraction of sp³-hybridized carbons (Fsp3) is 0.250. The number of carbonyl (C=O) groups is 1. The molecule has 4 N–H and O–H groups in total. The van der Waals surface area contributed by atoms with Gasteiger partial charge in [-0.05, 0) is 43.5 Å². The monoisotopic (exact) mass is 349 g/mol. The minimum Gasteiger partial charge on any atom is -0.397 e. The van der Waals surface area contributed by atoms with Gasteiger partial charge in [-0.25, -0.2) is 4.68 Å². The highest BCUT2D eigenvalue weighted by atomic mass is 16.1. The van der Waals surface area contributed by atoms with Crippen molar-refractivity contribution in [2.45, 2.75) is 33.1 Å². The van der Waals surface area contributed by atoms with Gasteiger partial charge in [0.05, 0.1) is 29.0 Å². The molecule has 0 fully saturated rings. The maximum Gasteiger partial charge on any atom is 0.269 e. The number of nitrogens with two attached hydrogens (primary N) is 2.